The van der Waals surface area contributed by atoms with Crippen molar-refractivity contribution in [2.24, 2.45) is 11.8 Å². The molecule has 0 aliphatic carbocycles. The van der Waals surface area contributed by atoms with Crippen LogP contribution in [-0.4, -0.2) is 56.7 Å². The molecule has 11 heteroatoms. The van der Waals surface area contributed by atoms with E-state index in [0.717, 1.165) is 0 Å². The average molecular weight is 461 g/mol. The summed E-state index contributed by atoms with van der Waals surface area (Å²) in [6.07, 6.45) is -0.521. The molecule has 0 unspecified atom stereocenters. The van der Waals surface area contributed by atoms with E-state index in [2.05, 4.69) is 5.32 Å². The Bertz CT molecular complexity index is 1010. The Hall–Kier alpha value is -2.92. The zero-order valence-electron chi connectivity index (χ0n) is 17.5. The molecule has 2 amide bonds. The third kappa shape index (κ3) is 3.86. The van der Waals surface area contributed by atoms with Crippen molar-refractivity contribution in [1.29, 1.82) is 0 Å². The quantitative estimate of drug-likeness (QED) is 0.268. The number of nitrogens with zero attached hydrogens (tertiary/aromatic N) is 2. The number of nitrogens with one attached hydrogen (secondary N) is 1. The van der Waals surface area contributed by atoms with Crippen molar-refractivity contribution in [3.8, 4) is 0 Å². The number of aliphatic hydroxyl groups excluding tert-OH is 1. The van der Waals surface area contributed by atoms with Crippen LogP contribution in [0.5, 0.6) is 0 Å². The fourth-order valence-corrected chi connectivity index (χ4v) is 5.85. The molecule has 0 radical (unpaired) electrons. The first-order chi connectivity index (χ1) is 15.2. The summed E-state index contributed by atoms with van der Waals surface area (Å²) in [5.41, 5.74) is 0.670. The minimum atomic E-state index is -0.845. The van der Waals surface area contributed by atoms with Gasteiger partial charge in [0, 0.05) is 41.2 Å². The number of non-ortho nitro benzene ring substituents is 1. The third-order valence-electron chi connectivity index (χ3n) is 6.05. The molecule has 0 spiro atoms. The van der Waals surface area contributed by atoms with Crippen molar-refractivity contribution in [3.05, 3.63) is 50.5 Å². The molecule has 1 aromatic rings. The summed E-state index contributed by atoms with van der Waals surface area (Å²) in [6, 6.07) is 5.33. The zero-order chi connectivity index (χ0) is 23.2. The van der Waals surface area contributed by atoms with Crippen molar-refractivity contribution in [1.82, 2.24) is 10.2 Å². The summed E-state index contributed by atoms with van der Waals surface area (Å²) in [7, 11) is 0. The van der Waals surface area contributed by atoms with Crippen molar-refractivity contribution in [2.45, 2.75) is 44.3 Å². The molecule has 0 bridgehead atoms. The number of aliphatic hydroxyl groups is 1. The number of benzene rings is 1. The summed E-state index contributed by atoms with van der Waals surface area (Å²) in [5, 5.41) is 23.6. The first kappa shape index (κ1) is 22.3. The molecule has 5 atom stereocenters. The normalized spacial score (nSPS) is 27.7. The minimum absolute atomic E-state index is 0.0581. The number of hydrogen-bond acceptors (Lipinski definition) is 8. The molecule has 0 aromatic heterocycles. The largest absolute Gasteiger partial charge is 0.456 e. The molecule has 2 N–H and O–H groups in total. The van der Waals surface area contributed by atoms with Gasteiger partial charge in [-0.1, -0.05) is 6.92 Å². The van der Waals surface area contributed by atoms with Crippen LogP contribution >= 0.6 is 11.8 Å². The number of rotatable bonds is 7. The number of thioether (sulfide) groups is 1. The van der Waals surface area contributed by atoms with Crippen LogP contribution in [0.3, 0.4) is 0 Å². The van der Waals surface area contributed by atoms with Gasteiger partial charge in [-0.05, 0) is 24.6 Å². The van der Waals surface area contributed by atoms with Crippen molar-refractivity contribution >= 4 is 35.2 Å². The molecule has 2 saturated heterocycles. The number of ether oxygens (including phenoxy) is 1. The van der Waals surface area contributed by atoms with Gasteiger partial charge in [0.15, 0.2) is 0 Å². The van der Waals surface area contributed by atoms with Crippen LogP contribution in [0.25, 0.3) is 0 Å². The van der Waals surface area contributed by atoms with Gasteiger partial charge in [-0.25, -0.2) is 4.79 Å². The molecule has 3 heterocycles. The first-order valence-corrected chi connectivity index (χ1v) is 11.2. The first-order valence-electron chi connectivity index (χ1n) is 10.3. The van der Waals surface area contributed by atoms with E-state index in [4.69, 9.17) is 4.74 Å². The van der Waals surface area contributed by atoms with E-state index in [-0.39, 0.29) is 47.0 Å². The van der Waals surface area contributed by atoms with Gasteiger partial charge in [-0.15, -0.1) is 11.8 Å². The molecule has 1 aromatic carbocycles. The number of hydrogen-bond donors (Lipinski definition) is 2. The van der Waals surface area contributed by atoms with Gasteiger partial charge in [0.1, 0.15) is 12.3 Å². The SMILES string of the molecule is C[C@@H](O)[C@H]1C(=O)N2C(C(=O)OCc3ccc([N+](=O)[O-])cc3)=C(S[C@H]3CNC(=O)C3)[C@H](C)[C@H]12. The maximum Gasteiger partial charge on any atom is 0.356 e. The van der Waals surface area contributed by atoms with Crippen LogP contribution in [0, 0.1) is 22.0 Å². The second-order valence-electron chi connectivity index (χ2n) is 8.21. The molecular formula is C21H23N3O7S. The highest BCUT2D eigenvalue weighted by molar-refractivity contribution is 8.03. The van der Waals surface area contributed by atoms with Gasteiger partial charge in [0.05, 0.1) is 23.0 Å². The third-order valence-corrected chi connectivity index (χ3v) is 7.54. The molecule has 32 heavy (non-hydrogen) atoms. The zero-order valence-corrected chi connectivity index (χ0v) is 18.3. The molecular weight excluding hydrogens is 438 g/mol. The summed E-state index contributed by atoms with van der Waals surface area (Å²) in [4.78, 5) is 49.8. The molecule has 170 valence electrons. The summed E-state index contributed by atoms with van der Waals surface area (Å²) < 4.78 is 5.45. The number of esters is 1. The highest BCUT2D eigenvalue weighted by Crippen LogP contribution is 2.52. The maximum atomic E-state index is 13.1. The Balaban J connectivity index is 1.55. The fraction of sp³-hybridized carbons (Fsp3) is 0.476. The topological polar surface area (TPSA) is 139 Å². The van der Waals surface area contributed by atoms with E-state index in [9.17, 15) is 29.6 Å². The monoisotopic (exact) mass is 461 g/mol. The Morgan fingerprint density at radius 2 is 2.06 bits per heavy atom. The van der Waals surface area contributed by atoms with Crippen molar-refractivity contribution in [3.63, 3.8) is 0 Å². The number of carbonyl (C=O) groups is 3. The van der Waals surface area contributed by atoms with Gasteiger partial charge in [0.2, 0.25) is 11.8 Å². The Labute approximate surface area is 188 Å². The van der Waals surface area contributed by atoms with Gasteiger partial charge < -0.3 is 20.1 Å². The lowest BCUT2D eigenvalue weighted by molar-refractivity contribution is -0.384. The highest BCUT2D eigenvalue weighted by Gasteiger charge is 2.60. The Kier molecular flexibility index (Phi) is 5.95. The minimum Gasteiger partial charge on any atom is -0.456 e. The van der Waals surface area contributed by atoms with E-state index in [0.29, 0.717) is 23.4 Å². The molecule has 4 rings (SSSR count). The lowest BCUT2D eigenvalue weighted by Gasteiger charge is -2.46. The van der Waals surface area contributed by atoms with Gasteiger partial charge in [-0.3, -0.25) is 19.7 Å². The maximum absolute atomic E-state index is 13.1. The standard InChI is InChI=1S/C21H23N3O7S/c1-10-17-16(11(2)25)20(27)23(17)18(19(10)32-14-7-15(26)22-8-14)21(28)31-9-12-3-5-13(6-4-12)24(29)30/h3-6,10-11,14,16-17,25H,7-9H2,1-2H3,(H,22,26)/t10-,11-,14-,16-,17-/m1/s1. The average Bonchev–Trinajstić information content (AvgIpc) is 3.26. The number of nitro groups is 1. The lowest BCUT2D eigenvalue weighted by Crippen LogP contribution is -2.63. The Morgan fingerprint density at radius 3 is 2.62 bits per heavy atom. The van der Waals surface area contributed by atoms with Crippen LogP contribution in [0.2, 0.25) is 0 Å². The molecule has 10 nitrogen and oxygen atoms in total. The second-order valence-corrected chi connectivity index (χ2v) is 9.56. The van der Waals surface area contributed by atoms with Crippen LogP contribution in [0.1, 0.15) is 25.8 Å². The molecule has 2 fully saturated rings. The van der Waals surface area contributed by atoms with Crippen molar-refractivity contribution < 1.29 is 29.2 Å². The van der Waals surface area contributed by atoms with E-state index in [1.165, 1.54) is 40.9 Å². The molecule has 3 aliphatic rings. The summed E-state index contributed by atoms with van der Waals surface area (Å²) in [6.45, 7) is 3.83. The number of amides is 2. The predicted molar refractivity (Wildman–Crippen MR) is 114 cm³/mol. The van der Waals surface area contributed by atoms with Crippen LogP contribution in [-0.2, 0) is 25.7 Å². The number of β-lactam (4-membered cyclic amide) rings is 1. The van der Waals surface area contributed by atoms with E-state index < -0.39 is 22.9 Å². The smallest absolute Gasteiger partial charge is 0.356 e. The van der Waals surface area contributed by atoms with Gasteiger partial charge in [0.25, 0.3) is 5.69 Å². The second kappa shape index (κ2) is 8.55. The van der Waals surface area contributed by atoms with Crippen LogP contribution < -0.4 is 5.32 Å². The molecule has 0 saturated carbocycles. The van der Waals surface area contributed by atoms with E-state index in [1.807, 2.05) is 6.92 Å². The van der Waals surface area contributed by atoms with E-state index in [1.54, 1.807) is 6.92 Å². The van der Waals surface area contributed by atoms with Crippen LogP contribution in [0.15, 0.2) is 34.9 Å². The number of nitro benzene ring substituents is 1. The van der Waals surface area contributed by atoms with Crippen LogP contribution in [0.4, 0.5) is 5.69 Å². The lowest BCUT2D eigenvalue weighted by atomic mass is 9.79. The summed E-state index contributed by atoms with van der Waals surface area (Å²) >= 11 is 1.40. The number of carbonyl (C=O) groups excluding carboxylic acids is 3. The fourth-order valence-electron chi connectivity index (χ4n) is 4.44. The summed E-state index contributed by atoms with van der Waals surface area (Å²) in [5.74, 6) is -1.83. The van der Waals surface area contributed by atoms with Gasteiger partial charge >= 0.3 is 5.97 Å². The Morgan fingerprint density at radius 1 is 1.38 bits per heavy atom. The van der Waals surface area contributed by atoms with Crippen molar-refractivity contribution in [2.75, 3.05) is 6.54 Å². The van der Waals surface area contributed by atoms with Gasteiger partial charge in [-0.2, -0.15) is 0 Å². The van der Waals surface area contributed by atoms with E-state index >= 15 is 0 Å². The number of fused-ring (bicyclic) bond motifs is 1. The highest BCUT2D eigenvalue weighted by atomic mass is 32.2. The molecule has 3 aliphatic heterocycles. The predicted octanol–water partition coefficient (Wildman–Crippen LogP) is 1.33.